The lowest BCUT2D eigenvalue weighted by Gasteiger charge is -2.33. The number of ether oxygens (including phenoxy) is 2. The minimum Gasteiger partial charge on any atom is -0.466 e. The minimum absolute atomic E-state index is 0.377. The van der Waals surface area contributed by atoms with Gasteiger partial charge in [-0.3, -0.25) is 0 Å². The number of hydrogen-bond acceptors (Lipinski definition) is 7. The third-order valence-corrected chi connectivity index (χ3v) is 4.11. The lowest BCUT2D eigenvalue weighted by Crippen LogP contribution is -2.38. The van der Waals surface area contributed by atoms with E-state index in [4.69, 9.17) is 9.47 Å². The largest absolute Gasteiger partial charge is 0.466 e. The molecule has 1 saturated heterocycles. The van der Waals surface area contributed by atoms with E-state index < -0.39 is 6.10 Å². The van der Waals surface area contributed by atoms with Crippen molar-refractivity contribution in [3.05, 3.63) is 0 Å². The van der Waals surface area contributed by atoms with Crippen LogP contribution < -0.4 is 9.64 Å². The number of rotatable bonds is 5. The summed E-state index contributed by atoms with van der Waals surface area (Å²) in [4.78, 5) is 13.8. The van der Waals surface area contributed by atoms with Crippen LogP contribution >= 0.6 is 11.7 Å². The zero-order valence-corrected chi connectivity index (χ0v) is 13.0. The SMILES string of the molecule is CCC(Oc1nsnc1N1CCCCC1C)C(=O)OC. The van der Waals surface area contributed by atoms with E-state index in [9.17, 15) is 4.79 Å². The zero-order valence-electron chi connectivity index (χ0n) is 12.2. The van der Waals surface area contributed by atoms with Crippen molar-refractivity contribution < 1.29 is 14.3 Å². The van der Waals surface area contributed by atoms with Gasteiger partial charge in [0.2, 0.25) is 5.82 Å². The van der Waals surface area contributed by atoms with E-state index in [0.29, 0.717) is 18.3 Å². The molecular weight excluding hydrogens is 278 g/mol. The minimum atomic E-state index is -0.622. The van der Waals surface area contributed by atoms with Gasteiger partial charge < -0.3 is 14.4 Å². The molecule has 0 aliphatic carbocycles. The topological polar surface area (TPSA) is 64.6 Å². The number of methoxy groups -OCH3 is 1. The van der Waals surface area contributed by atoms with Gasteiger partial charge in [0.15, 0.2) is 6.10 Å². The summed E-state index contributed by atoms with van der Waals surface area (Å²) < 4.78 is 19.0. The van der Waals surface area contributed by atoms with Gasteiger partial charge in [-0.15, -0.1) is 4.37 Å². The predicted octanol–water partition coefficient (Wildman–Crippen LogP) is 2.25. The van der Waals surface area contributed by atoms with Gasteiger partial charge in [0, 0.05) is 12.6 Å². The van der Waals surface area contributed by atoms with Gasteiger partial charge in [-0.05, 0) is 32.6 Å². The van der Waals surface area contributed by atoms with E-state index in [-0.39, 0.29) is 5.97 Å². The molecule has 0 aromatic carbocycles. The first-order valence-corrected chi connectivity index (χ1v) is 7.74. The second kappa shape index (κ2) is 6.88. The Morgan fingerprint density at radius 3 is 2.95 bits per heavy atom. The van der Waals surface area contributed by atoms with E-state index in [1.807, 2.05) is 6.92 Å². The molecular formula is C13H21N3O3S. The van der Waals surface area contributed by atoms with Crippen molar-refractivity contribution in [3.63, 3.8) is 0 Å². The fourth-order valence-corrected chi connectivity index (χ4v) is 2.90. The maximum Gasteiger partial charge on any atom is 0.347 e. The third kappa shape index (κ3) is 3.20. The van der Waals surface area contributed by atoms with Crippen molar-refractivity contribution in [2.75, 3.05) is 18.6 Å². The van der Waals surface area contributed by atoms with Crippen LogP contribution in [-0.2, 0) is 9.53 Å². The Labute approximate surface area is 123 Å². The van der Waals surface area contributed by atoms with Gasteiger partial charge in [0.25, 0.3) is 5.88 Å². The van der Waals surface area contributed by atoms with Gasteiger partial charge in [0.05, 0.1) is 18.8 Å². The molecule has 0 spiro atoms. The molecule has 2 heterocycles. The van der Waals surface area contributed by atoms with E-state index in [1.54, 1.807) is 0 Å². The molecule has 2 rings (SSSR count). The summed E-state index contributed by atoms with van der Waals surface area (Å²) in [7, 11) is 1.36. The highest BCUT2D eigenvalue weighted by Crippen LogP contribution is 2.31. The van der Waals surface area contributed by atoms with E-state index >= 15 is 0 Å². The molecule has 0 radical (unpaired) electrons. The summed E-state index contributed by atoms with van der Waals surface area (Å²) >= 11 is 1.11. The molecule has 6 nitrogen and oxygen atoms in total. The molecule has 1 aliphatic rings. The lowest BCUT2D eigenvalue weighted by atomic mass is 10.0. The Bertz CT molecular complexity index is 452. The monoisotopic (exact) mass is 299 g/mol. The summed E-state index contributed by atoms with van der Waals surface area (Å²) in [5.41, 5.74) is 0. The number of carbonyl (C=O) groups excluding carboxylic acids is 1. The van der Waals surface area contributed by atoms with E-state index in [2.05, 4.69) is 20.6 Å². The first kappa shape index (κ1) is 15.0. The van der Waals surface area contributed by atoms with Gasteiger partial charge in [0.1, 0.15) is 0 Å². The molecule has 112 valence electrons. The molecule has 20 heavy (non-hydrogen) atoms. The van der Waals surface area contributed by atoms with Crippen LogP contribution in [0.5, 0.6) is 5.88 Å². The molecule has 0 saturated carbocycles. The Morgan fingerprint density at radius 2 is 2.30 bits per heavy atom. The van der Waals surface area contributed by atoms with Crippen LogP contribution in [0.25, 0.3) is 0 Å². The normalized spacial score (nSPS) is 20.6. The van der Waals surface area contributed by atoms with Crippen LogP contribution in [0.3, 0.4) is 0 Å². The molecule has 0 bridgehead atoms. The number of anilines is 1. The highest BCUT2D eigenvalue weighted by atomic mass is 32.1. The van der Waals surface area contributed by atoms with Crippen molar-refractivity contribution in [1.29, 1.82) is 0 Å². The summed E-state index contributed by atoms with van der Waals surface area (Å²) in [6, 6.07) is 0.424. The van der Waals surface area contributed by atoms with Crippen LogP contribution in [0, 0.1) is 0 Å². The molecule has 2 unspecified atom stereocenters. The zero-order chi connectivity index (χ0) is 14.5. The highest BCUT2D eigenvalue weighted by molar-refractivity contribution is 6.99. The number of esters is 1. The van der Waals surface area contributed by atoms with Crippen molar-refractivity contribution in [1.82, 2.24) is 8.75 Å². The van der Waals surface area contributed by atoms with Crippen LogP contribution in [0.2, 0.25) is 0 Å². The van der Waals surface area contributed by atoms with Crippen LogP contribution in [0.15, 0.2) is 0 Å². The molecule has 1 fully saturated rings. The summed E-state index contributed by atoms with van der Waals surface area (Å²) in [5.74, 6) is 0.823. The average Bonchev–Trinajstić information content (AvgIpc) is 2.92. The Balaban J connectivity index is 2.13. The van der Waals surface area contributed by atoms with E-state index in [0.717, 1.165) is 36.9 Å². The van der Waals surface area contributed by atoms with Crippen molar-refractivity contribution >= 4 is 23.5 Å². The fraction of sp³-hybridized carbons (Fsp3) is 0.769. The first-order chi connectivity index (χ1) is 9.67. The van der Waals surface area contributed by atoms with Gasteiger partial charge in [-0.25, -0.2) is 4.79 Å². The first-order valence-electron chi connectivity index (χ1n) is 7.01. The molecule has 1 aliphatic heterocycles. The summed E-state index contributed by atoms with van der Waals surface area (Å²) in [5, 5.41) is 0. The number of hydrogen-bond donors (Lipinski definition) is 0. The second-order valence-corrected chi connectivity index (χ2v) is 5.50. The molecule has 0 N–H and O–H groups in total. The Morgan fingerprint density at radius 1 is 1.50 bits per heavy atom. The van der Waals surface area contributed by atoms with Gasteiger partial charge in [-0.2, -0.15) is 4.37 Å². The van der Waals surface area contributed by atoms with Crippen LogP contribution in [-0.4, -0.2) is 40.5 Å². The fourth-order valence-electron chi connectivity index (χ4n) is 2.40. The lowest BCUT2D eigenvalue weighted by molar-refractivity contribution is -0.149. The number of carbonyl (C=O) groups is 1. The van der Waals surface area contributed by atoms with Crippen LogP contribution in [0.1, 0.15) is 39.5 Å². The number of nitrogens with zero attached hydrogens (tertiary/aromatic N) is 3. The summed E-state index contributed by atoms with van der Waals surface area (Å²) in [6.07, 6.45) is 3.45. The van der Waals surface area contributed by atoms with Crippen molar-refractivity contribution in [2.24, 2.45) is 0 Å². The van der Waals surface area contributed by atoms with Crippen molar-refractivity contribution in [3.8, 4) is 5.88 Å². The van der Waals surface area contributed by atoms with Gasteiger partial charge >= 0.3 is 5.97 Å². The Hall–Kier alpha value is -1.37. The Kier molecular flexibility index (Phi) is 5.17. The van der Waals surface area contributed by atoms with Crippen molar-refractivity contribution in [2.45, 2.75) is 51.7 Å². The molecule has 0 amide bonds. The maximum absolute atomic E-state index is 11.6. The molecule has 7 heteroatoms. The number of aromatic nitrogens is 2. The molecule has 1 aromatic rings. The smallest absolute Gasteiger partial charge is 0.347 e. The highest BCUT2D eigenvalue weighted by Gasteiger charge is 2.28. The maximum atomic E-state index is 11.6. The molecule has 2 atom stereocenters. The average molecular weight is 299 g/mol. The quantitative estimate of drug-likeness (QED) is 0.777. The third-order valence-electron chi connectivity index (χ3n) is 3.61. The van der Waals surface area contributed by atoms with E-state index in [1.165, 1.54) is 13.5 Å². The van der Waals surface area contributed by atoms with Gasteiger partial charge in [-0.1, -0.05) is 6.92 Å². The molecule has 1 aromatic heterocycles. The standard InChI is InChI=1S/C13H21N3O3S/c1-4-10(13(17)18-3)19-12-11(14-20-15-12)16-8-6-5-7-9(16)2/h9-10H,4-8H2,1-3H3. The number of piperidine rings is 1. The summed E-state index contributed by atoms with van der Waals surface area (Å²) in [6.45, 7) is 5.02. The predicted molar refractivity (Wildman–Crippen MR) is 77.3 cm³/mol. The van der Waals surface area contributed by atoms with Crippen LogP contribution in [0.4, 0.5) is 5.82 Å². The second-order valence-electron chi connectivity index (χ2n) is 4.97.